The summed E-state index contributed by atoms with van der Waals surface area (Å²) in [5, 5.41) is 12.3. The molecule has 0 saturated carbocycles. The largest absolute Gasteiger partial charge is 0.307 e. The molecule has 0 aliphatic carbocycles. The molecule has 3 aromatic heterocycles. The number of hydrogen-bond donors (Lipinski definition) is 1. The topological polar surface area (TPSA) is 77.6 Å². The van der Waals surface area contributed by atoms with E-state index in [1.54, 1.807) is 29.3 Å². The molecule has 3 heterocycles. The number of carbonyl (C=O) groups excluding carboxylic acids is 1. The van der Waals surface area contributed by atoms with Gasteiger partial charge in [-0.25, -0.2) is 14.3 Å². The summed E-state index contributed by atoms with van der Waals surface area (Å²) in [7, 11) is 0. The van der Waals surface area contributed by atoms with Gasteiger partial charge in [0.2, 0.25) is 0 Å². The molecule has 0 atom stereocenters. The van der Waals surface area contributed by atoms with Crippen molar-refractivity contribution in [1.82, 2.24) is 24.5 Å². The number of carbonyl (C=O) groups is 1. The third-order valence-corrected chi connectivity index (χ3v) is 3.68. The van der Waals surface area contributed by atoms with E-state index >= 15 is 0 Å². The molecule has 1 N–H and O–H groups in total. The number of pyridine rings is 1. The first-order valence-electron chi connectivity index (χ1n) is 8.12. The van der Waals surface area contributed by atoms with Crippen LogP contribution in [0.25, 0.3) is 11.0 Å². The van der Waals surface area contributed by atoms with Gasteiger partial charge < -0.3 is 5.32 Å². The minimum Gasteiger partial charge on any atom is -0.307 e. The van der Waals surface area contributed by atoms with Crippen molar-refractivity contribution < 1.29 is 4.79 Å². The molecule has 0 aliphatic heterocycles. The lowest BCUT2D eigenvalue weighted by molar-refractivity contribution is 0.102. The molecular weight excluding hydrogens is 304 g/mol. The van der Waals surface area contributed by atoms with Crippen LogP contribution in [0.2, 0.25) is 0 Å². The average Bonchev–Trinajstić information content (AvgIpc) is 3.13. The average molecular weight is 326 g/mol. The third kappa shape index (κ3) is 3.15. The lowest BCUT2D eigenvalue weighted by Crippen LogP contribution is -2.17. The van der Waals surface area contributed by atoms with Gasteiger partial charge >= 0.3 is 0 Å². The monoisotopic (exact) mass is 326 g/mol. The quantitative estimate of drug-likeness (QED) is 0.781. The number of rotatable bonds is 5. The van der Waals surface area contributed by atoms with E-state index in [-0.39, 0.29) is 11.9 Å². The van der Waals surface area contributed by atoms with Crippen molar-refractivity contribution in [2.75, 3.05) is 5.32 Å². The van der Waals surface area contributed by atoms with Crippen molar-refractivity contribution in [3.05, 3.63) is 36.3 Å². The van der Waals surface area contributed by atoms with Crippen LogP contribution in [0.5, 0.6) is 0 Å². The Bertz CT molecular complexity index is 861. The number of anilines is 1. The molecule has 0 bridgehead atoms. The maximum Gasteiger partial charge on any atom is 0.258 e. The zero-order valence-electron chi connectivity index (χ0n) is 14.4. The Kier molecular flexibility index (Phi) is 4.33. The fraction of sp³-hybridized carbons (Fsp3) is 0.412. The lowest BCUT2D eigenvalue weighted by atomic mass is 10.2. The van der Waals surface area contributed by atoms with Crippen molar-refractivity contribution in [1.29, 1.82) is 0 Å². The first kappa shape index (κ1) is 16.2. The number of amides is 1. The van der Waals surface area contributed by atoms with Crippen LogP contribution in [0.4, 0.5) is 5.82 Å². The summed E-state index contributed by atoms with van der Waals surface area (Å²) in [5.74, 6) is 0.947. The molecule has 7 heteroatoms. The Hall–Kier alpha value is -2.70. The molecule has 3 rings (SSSR count). The Labute approximate surface area is 140 Å². The van der Waals surface area contributed by atoms with Crippen LogP contribution in [0.1, 0.15) is 44.1 Å². The van der Waals surface area contributed by atoms with Crippen LogP contribution in [0, 0.1) is 5.92 Å². The van der Waals surface area contributed by atoms with E-state index in [2.05, 4.69) is 34.3 Å². The Morgan fingerprint density at radius 1 is 1.21 bits per heavy atom. The van der Waals surface area contributed by atoms with Gasteiger partial charge in [-0.1, -0.05) is 13.8 Å². The van der Waals surface area contributed by atoms with Crippen LogP contribution >= 0.6 is 0 Å². The van der Waals surface area contributed by atoms with Gasteiger partial charge in [-0.2, -0.15) is 10.2 Å². The molecule has 0 aliphatic rings. The van der Waals surface area contributed by atoms with Gasteiger partial charge in [0.15, 0.2) is 5.65 Å². The maximum absolute atomic E-state index is 12.5. The van der Waals surface area contributed by atoms with Crippen LogP contribution in [-0.2, 0) is 6.54 Å². The molecule has 0 radical (unpaired) electrons. The predicted octanol–water partition coefficient (Wildman–Crippen LogP) is 3.12. The van der Waals surface area contributed by atoms with Crippen LogP contribution in [0.15, 0.2) is 30.7 Å². The van der Waals surface area contributed by atoms with Gasteiger partial charge in [0.25, 0.3) is 5.91 Å². The standard InChI is InChI=1S/C17H22N6O/c1-11(2)10-22-16-13(9-20-22)7-14(8-18-16)17(24)21-15-5-6-19-23(15)12(3)4/h5-9,11-12H,10H2,1-4H3,(H,21,24). The first-order chi connectivity index (χ1) is 11.5. The highest BCUT2D eigenvalue weighted by molar-refractivity contribution is 6.05. The van der Waals surface area contributed by atoms with Crippen LogP contribution < -0.4 is 5.32 Å². The highest BCUT2D eigenvalue weighted by atomic mass is 16.1. The van der Waals surface area contributed by atoms with Gasteiger partial charge in [0.1, 0.15) is 5.82 Å². The molecule has 1 amide bonds. The fourth-order valence-corrected chi connectivity index (χ4v) is 2.59. The van der Waals surface area contributed by atoms with Gasteiger partial charge in [-0.15, -0.1) is 0 Å². The maximum atomic E-state index is 12.5. The minimum atomic E-state index is -0.205. The van der Waals surface area contributed by atoms with Gasteiger partial charge in [0, 0.05) is 30.2 Å². The number of hydrogen-bond acceptors (Lipinski definition) is 4. The second-order valence-corrected chi connectivity index (χ2v) is 6.57. The van der Waals surface area contributed by atoms with E-state index in [1.165, 1.54) is 0 Å². The summed E-state index contributed by atoms with van der Waals surface area (Å²) in [6, 6.07) is 3.77. The number of nitrogens with one attached hydrogen (secondary N) is 1. The molecular formula is C17H22N6O. The normalized spacial score (nSPS) is 11.6. The molecule has 0 aromatic carbocycles. The summed E-state index contributed by atoms with van der Waals surface area (Å²) in [5.41, 5.74) is 1.30. The Morgan fingerprint density at radius 3 is 2.71 bits per heavy atom. The second kappa shape index (κ2) is 6.43. The Balaban J connectivity index is 1.84. The van der Waals surface area contributed by atoms with Gasteiger partial charge in [0.05, 0.1) is 18.0 Å². The smallest absolute Gasteiger partial charge is 0.258 e. The summed E-state index contributed by atoms with van der Waals surface area (Å²) in [6.45, 7) is 9.09. The lowest BCUT2D eigenvalue weighted by Gasteiger charge is -2.11. The van der Waals surface area contributed by atoms with E-state index in [9.17, 15) is 4.79 Å². The van der Waals surface area contributed by atoms with Crippen molar-refractivity contribution in [2.24, 2.45) is 5.92 Å². The molecule has 0 fully saturated rings. The fourth-order valence-electron chi connectivity index (χ4n) is 2.59. The molecule has 126 valence electrons. The van der Waals surface area contributed by atoms with E-state index in [1.807, 2.05) is 24.6 Å². The molecule has 0 spiro atoms. The summed E-state index contributed by atoms with van der Waals surface area (Å²) < 4.78 is 3.64. The van der Waals surface area contributed by atoms with Gasteiger partial charge in [-0.05, 0) is 25.8 Å². The first-order valence-corrected chi connectivity index (χ1v) is 8.12. The van der Waals surface area contributed by atoms with Crippen molar-refractivity contribution in [3.8, 4) is 0 Å². The number of fused-ring (bicyclic) bond motifs is 1. The molecule has 7 nitrogen and oxygen atoms in total. The zero-order valence-corrected chi connectivity index (χ0v) is 14.4. The highest BCUT2D eigenvalue weighted by Crippen LogP contribution is 2.17. The summed E-state index contributed by atoms with van der Waals surface area (Å²) in [6.07, 6.45) is 5.01. The van der Waals surface area contributed by atoms with Crippen molar-refractivity contribution >= 4 is 22.8 Å². The predicted molar refractivity (Wildman–Crippen MR) is 92.9 cm³/mol. The number of aromatic nitrogens is 5. The van der Waals surface area contributed by atoms with Crippen molar-refractivity contribution in [3.63, 3.8) is 0 Å². The number of nitrogens with zero attached hydrogens (tertiary/aromatic N) is 5. The van der Waals surface area contributed by atoms with Crippen LogP contribution in [0.3, 0.4) is 0 Å². The van der Waals surface area contributed by atoms with Gasteiger partial charge in [-0.3, -0.25) is 4.79 Å². The molecule has 24 heavy (non-hydrogen) atoms. The van der Waals surface area contributed by atoms with E-state index in [0.717, 1.165) is 17.6 Å². The Morgan fingerprint density at radius 2 is 2.00 bits per heavy atom. The second-order valence-electron chi connectivity index (χ2n) is 6.57. The van der Waals surface area contributed by atoms with E-state index < -0.39 is 0 Å². The summed E-state index contributed by atoms with van der Waals surface area (Å²) in [4.78, 5) is 16.9. The molecule has 0 saturated heterocycles. The zero-order chi connectivity index (χ0) is 17.3. The van der Waals surface area contributed by atoms with Crippen molar-refractivity contribution in [2.45, 2.75) is 40.3 Å². The van der Waals surface area contributed by atoms with Crippen LogP contribution in [-0.4, -0.2) is 30.5 Å². The van der Waals surface area contributed by atoms with E-state index in [4.69, 9.17) is 0 Å². The third-order valence-electron chi connectivity index (χ3n) is 3.68. The molecule has 0 unspecified atom stereocenters. The minimum absolute atomic E-state index is 0.171. The van der Waals surface area contributed by atoms with E-state index in [0.29, 0.717) is 17.3 Å². The highest BCUT2D eigenvalue weighted by Gasteiger charge is 2.14. The summed E-state index contributed by atoms with van der Waals surface area (Å²) >= 11 is 0. The molecule has 3 aromatic rings. The SMILES string of the molecule is CC(C)Cn1ncc2cc(C(=O)Nc3ccnn3C(C)C)cnc21.